The number of hydrogen-bond donors (Lipinski definition) is 0. The highest BCUT2D eigenvalue weighted by Gasteiger charge is 2.33. The maximum absolute atomic E-state index is 12.8. The number of carbonyl (C=O) groups excluding carboxylic acids is 1. The van der Waals surface area contributed by atoms with Crippen LogP contribution in [-0.2, 0) is 4.79 Å². The number of methoxy groups -OCH3 is 2. The lowest BCUT2D eigenvalue weighted by atomic mass is 9.96. The van der Waals surface area contributed by atoms with E-state index in [1.807, 2.05) is 11.0 Å². The minimum absolute atomic E-state index is 0.0337. The van der Waals surface area contributed by atoms with Gasteiger partial charge in [-0.2, -0.15) is 0 Å². The fraction of sp³-hybridized carbons (Fsp3) is 0.588. The van der Waals surface area contributed by atoms with Gasteiger partial charge >= 0.3 is 0 Å². The van der Waals surface area contributed by atoms with Gasteiger partial charge in [0.25, 0.3) is 0 Å². The Bertz CT molecular complexity index is 525. The van der Waals surface area contributed by atoms with Crippen molar-refractivity contribution in [2.45, 2.75) is 50.6 Å². The molecule has 0 aliphatic carbocycles. The molecule has 1 amide bonds. The molecule has 1 aromatic rings. The molecule has 0 aromatic heterocycles. The zero-order chi connectivity index (χ0) is 16.3. The van der Waals surface area contributed by atoms with E-state index < -0.39 is 5.38 Å². The molecule has 1 heterocycles. The van der Waals surface area contributed by atoms with Gasteiger partial charge in [-0.1, -0.05) is 6.07 Å². The monoisotopic (exact) mass is 325 g/mol. The number of hydrogen-bond acceptors (Lipinski definition) is 3. The quantitative estimate of drug-likeness (QED) is 0.791. The molecule has 5 heteroatoms. The Hall–Kier alpha value is -1.42. The molecule has 0 spiro atoms. The summed E-state index contributed by atoms with van der Waals surface area (Å²) in [6.45, 7) is 4.18. The molecule has 2 rings (SSSR count). The number of alkyl halides is 1. The van der Waals surface area contributed by atoms with Gasteiger partial charge in [-0.25, -0.2) is 0 Å². The summed E-state index contributed by atoms with van der Waals surface area (Å²) in [6.07, 6.45) is 3.23. The van der Waals surface area contributed by atoms with Crippen molar-refractivity contribution in [2.24, 2.45) is 0 Å². The molecule has 0 N–H and O–H groups in total. The van der Waals surface area contributed by atoms with E-state index in [-0.39, 0.29) is 18.0 Å². The summed E-state index contributed by atoms with van der Waals surface area (Å²) < 4.78 is 10.5. The highest BCUT2D eigenvalue weighted by molar-refractivity contribution is 6.30. The normalized spacial score (nSPS) is 23.0. The Kier molecular flexibility index (Phi) is 5.57. The highest BCUT2D eigenvalue weighted by Crippen LogP contribution is 2.34. The molecule has 0 bridgehead atoms. The van der Waals surface area contributed by atoms with E-state index in [1.54, 1.807) is 26.4 Å². The van der Waals surface area contributed by atoms with Crippen LogP contribution >= 0.6 is 11.6 Å². The van der Waals surface area contributed by atoms with E-state index in [0.717, 1.165) is 24.8 Å². The minimum atomic E-state index is -0.706. The lowest BCUT2D eigenvalue weighted by Gasteiger charge is -2.40. The third-order valence-corrected chi connectivity index (χ3v) is 4.80. The lowest BCUT2D eigenvalue weighted by molar-refractivity contribution is -0.137. The molecule has 3 unspecified atom stereocenters. The van der Waals surface area contributed by atoms with Gasteiger partial charge in [0.2, 0.25) is 5.91 Å². The summed E-state index contributed by atoms with van der Waals surface area (Å²) in [7, 11) is 3.15. The molecule has 0 saturated carbocycles. The Labute approximate surface area is 137 Å². The fourth-order valence-electron chi connectivity index (χ4n) is 3.14. The number of likely N-dealkylation sites (tertiary alicyclic amines) is 1. The van der Waals surface area contributed by atoms with Crippen LogP contribution in [0.25, 0.3) is 0 Å². The number of ether oxygens (including phenoxy) is 2. The number of halogens is 1. The van der Waals surface area contributed by atoms with Crippen molar-refractivity contribution >= 4 is 17.5 Å². The van der Waals surface area contributed by atoms with Gasteiger partial charge in [-0.3, -0.25) is 4.79 Å². The van der Waals surface area contributed by atoms with Crippen LogP contribution in [0.2, 0.25) is 0 Å². The first kappa shape index (κ1) is 16.9. The van der Waals surface area contributed by atoms with E-state index in [1.165, 1.54) is 0 Å². The number of piperidine rings is 1. The zero-order valence-electron chi connectivity index (χ0n) is 13.6. The average Bonchev–Trinajstić information content (AvgIpc) is 2.53. The van der Waals surface area contributed by atoms with Gasteiger partial charge in [0, 0.05) is 12.1 Å². The van der Waals surface area contributed by atoms with Crippen LogP contribution in [0.3, 0.4) is 0 Å². The largest absolute Gasteiger partial charge is 0.493 e. The van der Waals surface area contributed by atoms with Crippen LogP contribution in [0.1, 0.15) is 44.1 Å². The molecule has 1 fully saturated rings. The van der Waals surface area contributed by atoms with E-state index in [0.29, 0.717) is 11.5 Å². The van der Waals surface area contributed by atoms with Crippen molar-refractivity contribution in [3.63, 3.8) is 0 Å². The summed E-state index contributed by atoms with van der Waals surface area (Å²) in [4.78, 5) is 14.7. The maximum Gasteiger partial charge on any atom is 0.245 e. The standard InChI is InChI=1S/C17H24ClNO3/c1-11-6-5-7-12(2)19(11)17(20)16(18)13-8-9-14(21-3)15(10-13)22-4/h8-12,16H,5-7H2,1-4H3. The van der Waals surface area contributed by atoms with Crippen molar-refractivity contribution < 1.29 is 14.3 Å². The molecule has 3 atom stereocenters. The van der Waals surface area contributed by atoms with Gasteiger partial charge in [-0.05, 0) is 50.8 Å². The van der Waals surface area contributed by atoms with E-state index in [2.05, 4.69) is 13.8 Å². The predicted molar refractivity (Wildman–Crippen MR) is 87.8 cm³/mol. The van der Waals surface area contributed by atoms with Gasteiger partial charge in [0.15, 0.2) is 11.5 Å². The summed E-state index contributed by atoms with van der Waals surface area (Å²) in [5, 5.41) is -0.706. The van der Waals surface area contributed by atoms with Crippen molar-refractivity contribution in [2.75, 3.05) is 14.2 Å². The van der Waals surface area contributed by atoms with Gasteiger partial charge in [0.1, 0.15) is 5.38 Å². The first-order valence-corrected chi connectivity index (χ1v) is 8.11. The number of rotatable bonds is 4. The van der Waals surface area contributed by atoms with Crippen LogP contribution in [0, 0.1) is 0 Å². The van der Waals surface area contributed by atoms with Crippen LogP contribution < -0.4 is 9.47 Å². The Morgan fingerprint density at radius 2 is 1.77 bits per heavy atom. The topological polar surface area (TPSA) is 38.8 Å². The number of carbonyl (C=O) groups is 1. The van der Waals surface area contributed by atoms with E-state index >= 15 is 0 Å². The van der Waals surface area contributed by atoms with Crippen LogP contribution in [-0.4, -0.2) is 37.1 Å². The SMILES string of the molecule is COc1ccc(C(Cl)C(=O)N2C(C)CCCC2C)cc1OC. The van der Waals surface area contributed by atoms with Crippen molar-refractivity contribution in [3.8, 4) is 11.5 Å². The number of benzene rings is 1. The van der Waals surface area contributed by atoms with Crippen molar-refractivity contribution in [3.05, 3.63) is 23.8 Å². The molecule has 1 aromatic carbocycles. The Morgan fingerprint density at radius 1 is 1.18 bits per heavy atom. The fourth-order valence-corrected chi connectivity index (χ4v) is 3.39. The second-order valence-electron chi connectivity index (χ2n) is 5.85. The van der Waals surface area contributed by atoms with E-state index in [4.69, 9.17) is 21.1 Å². The molecular weight excluding hydrogens is 302 g/mol. The van der Waals surface area contributed by atoms with E-state index in [9.17, 15) is 4.79 Å². The van der Waals surface area contributed by atoms with Crippen LogP contribution in [0.5, 0.6) is 11.5 Å². The molecule has 1 aliphatic heterocycles. The third kappa shape index (κ3) is 3.32. The zero-order valence-corrected chi connectivity index (χ0v) is 14.4. The summed E-state index contributed by atoms with van der Waals surface area (Å²) in [5.74, 6) is 1.18. The second-order valence-corrected chi connectivity index (χ2v) is 6.29. The van der Waals surface area contributed by atoms with Crippen LogP contribution in [0.15, 0.2) is 18.2 Å². The van der Waals surface area contributed by atoms with Gasteiger partial charge in [0.05, 0.1) is 14.2 Å². The molecule has 22 heavy (non-hydrogen) atoms. The summed E-state index contributed by atoms with van der Waals surface area (Å²) >= 11 is 6.46. The number of nitrogens with zero attached hydrogens (tertiary/aromatic N) is 1. The second kappa shape index (κ2) is 7.23. The Balaban J connectivity index is 2.23. The highest BCUT2D eigenvalue weighted by atomic mass is 35.5. The molecule has 1 aliphatic rings. The van der Waals surface area contributed by atoms with Crippen LogP contribution in [0.4, 0.5) is 0 Å². The number of amides is 1. The third-order valence-electron chi connectivity index (χ3n) is 4.37. The maximum atomic E-state index is 12.8. The van der Waals surface area contributed by atoms with Crippen molar-refractivity contribution in [1.82, 2.24) is 4.90 Å². The van der Waals surface area contributed by atoms with Crippen molar-refractivity contribution in [1.29, 1.82) is 0 Å². The molecule has 1 saturated heterocycles. The summed E-state index contributed by atoms with van der Waals surface area (Å²) in [5.41, 5.74) is 0.731. The average molecular weight is 326 g/mol. The molecule has 122 valence electrons. The Morgan fingerprint density at radius 3 is 2.32 bits per heavy atom. The predicted octanol–water partition coefficient (Wildman–Crippen LogP) is 3.77. The smallest absolute Gasteiger partial charge is 0.245 e. The summed E-state index contributed by atoms with van der Waals surface area (Å²) in [6, 6.07) is 5.83. The first-order valence-electron chi connectivity index (χ1n) is 7.67. The van der Waals surface area contributed by atoms with Gasteiger partial charge in [-0.15, -0.1) is 11.6 Å². The lowest BCUT2D eigenvalue weighted by Crippen LogP contribution is -2.48. The first-order chi connectivity index (χ1) is 10.5. The molecule has 0 radical (unpaired) electrons. The molecule has 4 nitrogen and oxygen atoms in total. The minimum Gasteiger partial charge on any atom is -0.493 e. The van der Waals surface area contributed by atoms with Gasteiger partial charge < -0.3 is 14.4 Å². The molecular formula is C17H24ClNO3.